The highest BCUT2D eigenvalue weighted by molar-refractivity contribution is 4.85. The lowest BCUT2D eigenvalue weighted by Gasteiger charge is -2.40. The first kappa shape index (κ1) is 11.4. The predicted molar refractivity (Wildman–Crippen MR) is 61.8 cm³/mol. The molecule has 1 saturated carbocycles. The van der Waals surface area contributed by atoms with Gasteiger partial charge in [-0.2, -0.15) is 0 Å². The van der Waals surface area contributed by atoms with Crippen molar-refractivity contribution in [3.05, 3.63) is 0 Å². The standard InChI is InChI=1S/C12H24N2O/c1-15-12-6-2-5-11(8-12)14-7-3-4-10(13)9-14/h10-12H,2-9,13H2,1H3/t10-,11?,12?/m1/s1. The molecule has 1 heterocycles. The summed E-state index contributed by atoms with van der Waals surface area (Å²) in [7, 11) is 1.84. The molecule has 88 valence electrons. The Balaban J connectivity index is 1.86. The highest BCUT2D eigenvalue weighted by Gasteiger charge is 2.29. The van der Waals surface area contributed by atoms with E-state index in [4.69, 9.17) is 10.5 Å². The molecule has 2 rings (SSSR count). The van der Waals surface area contributed by atoms with E-state index in [9.17, 15) is 0 Å². The van der Waals surface area contributed by atoms with Crippen LogP contribution in [0.2, 0.25) is 0 Å². The molecular formula is C12H24N2O. The maximum atomic E-state index is 6.03. The minimum Gasteiger partial charge on any atom is -0.381 e. The Hall–Kier alpha value is -0.120. The number of piperidine rings is 1. The Morgan fingerprint density at radius 3 is 2.80 bits per heavy atom. The molecule has 1 saturated heterocycles. The summed E-state index contributed by atoms with van der Waals surface area (Å²) in [6.07, 6.45) is 8.08. The average Bonchev–Trinajstić information content (AvgIpc) is 2.29. The zero-order chi connectivity index (χ0) is 10.7. The molecule has 2 fully saturated rings. The third-order valence-electron chi connectivity index (χ3n) is 3.94. The van der Waals surface area contributed by atoms with E-state index in [0.29, 0.717) is 12.1 Å². The Bertz CT molecular complexity index is 198. The van der Waals surface area contributed by atoms with Crippen LogP contribution < -0.4 is 5.73 Å². The Labute approximate surface area is 93.0 Å². The maximum Gasteiger partial charge on any atom is 0.0586 e. The number of hydrogen-bond acceptors (Lipinski definition) is 3. The molecule has 0 aromatic carbocycles. The van der Waals surface area contributed by atoms with Crippen molar-refractivity contribution in [1.82, 2.24) is 4.90 Å². The van der Waals surface area contributed by atoms with E-state index in [1.54, 1.807) is 0 Å². The van der Waals surface area contributed by atoms with Crippen LogP contribution >= 0.6 is 0 Å². The molecule has 2 aliphatic rings. The van der Waals surface area contributed by atoms with Gasteiger partial charge in [0.15, 0.2) is 0 Å². The lowest BCUT2D eigenvalue weighted by molar-refractivity contribution is 0.0204. The fraction of sp³-hybridized carbons (Fsp3) is 1.00. The van der Waals surface area contributed by atoms with Crippen LogP contribution in [-0.2, 0) is 4.74 Å². The number of hydrogen-bond donors (Lipinski definition) is 1. The smallest absolute Gasteiger partial charge is 0.0586 e. The van der Waals surface area contributed by atoms with Gasteiger partial charge in [0.25, 0.3) is 0 Å². The van der Waals surface area contributed by atoms with Crippen LogP contribution in [0.15, 0.2) is 0 Å². The van der Waals surface area contributed by atoms with Crippen molar-refractivity contribution in [3.8, 4) is 0 Å². The summed E-state index contributed by atoms with van der Waals surface area (Å²) >= 11 is 0. The van der Waals surface area contributed by atoms with Crippen LogP contribution in [0.25, 0.3) is 0 Å². The number of ether oxygens (including phenoxy) is 1. The second-order valence-corrected chi connectivity index (χ2v) is 5.08. The van der Waals surface area contributed by atoms with Crippen molar-refractivity contribution in [2.24, 2.45) is 5.73 Å². The monoisotopic (exact) mass is 212 g/mol. The Morgan fingerprint density at radius 1 is 1.20 bits per heavy atom. The molecule has 0 bridgehead atoms. The summed E-state index contributed by atoms with van der Waals surface area (Å²) in [6.45, 7) is 2.34. The predicted octanol–water partition coefficient (Wildman–Crippen LogP) is 1.37. The van der Waals surface area contributed by atoms with Crippen molar-refractivity contribution in [1.29, 1.82) is 0 Å². The number of nitrogens with zero attached hydrogens (tertiary/aromatic N) is 1. The quantitative estimate of drug-likeness (QED) is 0.751. The molecular weight excluding hydrogens is 188 g/mol. The van der Waals surface area contributed by atoms with Gasteiger partial charge in [0.1, 0.15) is 0 Å². The van der Waals surface area contributed by atoms with E-state index in [2.05, 4.69) is 4.90 Å². The normalized spacial score (nSPS) is 39.2. The van der Waals surface area contributed by atoms with Crippen molar-refractivity contribution < 1.29 is 4.74 Å². The molecule has 0 aromatic rings. The van der Waals surface area contributed by atoms with E-state index < -0.39 is 0 Å². The number of nitrogens with two attached hydrogens (primary N) is 1. The topological polar surface area (TPSA) is 38.5 Å². The third kappa shape index (κ3) is 2.92. The molecule has 3 heteroatoms. The zero-order valence-electron chi connectivity index (χ0n) is 9.82. The molecule has 0 spiro atoms. The van der Waals surface area contributed by atoms with Gasteiger partial charge in [0.05, 0.1) is 6.10 Å². The first-order valence-electron chi connectivity index (χ1n) is 6.32. The lowest BCUT2D eigenvalue weighted by atomic mass is 9.90. The summed E-state index contributed by atoms with van der Waals surface area (Å²) in [5.74, 6) is 0. The van der Waals surface area contributed by atoms with Crippen LogP contribution in [0, 0.1) is 0 Å². The number of rotatable bonds is 2. The van der Waals surface area contributed by atoms with Crippen molar-refractivity contribution >= 4 is 0 Å². The lowest BCUT2D eigenvalue weighted by Crippen LogP contribution is -2.49. The van der Waals surface area contributed by atoms with E-state index in [1.165, 1.54) is 45.1 Å². The van der Waals surface area contributed by atoms with Gasteiger partial charge in [-0.25, -0.2) is 0 Å². The molecule has 3 atom stereocenters. The van der Waals surface area contributed by atoms with E-state index in [-0.39, 0.29) is 0 Å². The summed E-state index contributed by atoms with van der Waals surface area (Å²) in [5, 5.41) is 0. The Morgan fingerprint density at radius 2 is 2.07 bits per heavy atom. The molecule has 2 N–H and O–H groups in total. The highest BCUT2D eigenvalue weighted by atomic mass is 16.5. The van der Waals surface area contributed by atoms with Gasteiger partial charge < -0.3 is 10.5 Å². The fourth-order valence-corrected chi connectivity index (χ4v) is 3.04. The van der Waals surface area contributed by atoms with Crippen molar-refractivity contribution in [2.45, 2.75) is 56.7 Å². The molecule has 15 heavy (non-hydrogen) atoms. The van der Waals surface area contributed by atoms with Gasteiger partial charge in [0, 0.05) is 25.7 Å². The zero-order valence-corrected chi connectivity index (χ0v) is 9.82. The first-order valence-corrected chi connectivity index (χ1v) is 6.32. The van der Waals surface area contributed by atoms with Crippen LogP contribution in [-0.4, -0.2) is 43.3 Å². The summed E-state index contributed by atoms with van der Waals surface area (Å²) in [4.78, 5) is 2.60. The van der Waals surface area contributed by atoms with Gasteiger partial charge in [0.2, 0.25) is 0 Å². The first-order chi connectivity index (χ1) is 7.29. The summed E-state index contributed by atoms with van der Waals surface area (Å²) < 4.78 is 5.48. The summed E-state index contributed by atoms with van der Waals surface area (Å²) in [5.41, 5.74) is 6.03. The van der Waals surface area contributed by atoms with E-state index in [1.807, 2.05) is 7.11 Å². The summed E-state index contributed by atoms with van der Waals surface area (Å²) in [6, 6.07) is 1.14. The molecule has 0 radical (unpaired) electrons. The highest BCUT2D eigenvalue weighted by Crippen LogP contribution is 2.26. The maximum absolute atomic E-state index is 6.03. The van der Waals surface area contributed by atoms with Gasteiger partial charge in [-0.05, 0) is 45.1 Å². The van der Waals surface area contributed by atoms with Crippen molar-refractivity contribution in [3.63, 3.8) is 0 Å². The largest absolute Gasteiger partial charge is 0.381 e. The van der Waals surface area contributed by atoms with Crippen molar-refractivity contribution in [2.75, 3.05) is 20.2 Å². The van der Waals surface area contributed by atoms with E-state index in [0.717, 1.165) is 12.6 Å². The average molecular weight is 212 g/mol. The molecule has 0 aromatic heterocycles. The third-order valence-corrected chi connectivity index (χ3v) is 3.94. The molecule has 3 nitrogen and oxygen atoms in total. The second-order valence-electron chi connectivity index (χ2n) is 5.08. The molecule has 0 amide bonds. The van der Waals surface area contributed by atoms with E-state index >= 15 is 0 Å². The SMILES string of the molecule is COC1CCCC(N2CCC[C@@H](N)C2)C1. The van der Waals surface area contributed by atoms with Gasteiger partial charge in [-0.1, -0.05) is 0 Å². The number of likely N-dealkylation sites (tertiary alicyclic amines) is 1. The Kier molecular flexibility index (Phi) is 4.00. The minimum atomic E-state index is 0.404. The van der Waals surface area contributed by atoms with Crippen LogP contribution in [0.4, 0.5) is 0 Å². The van der Waals surface area contributed by atoms with Crippen LogP contribution in [0.3, 0.4) is 0 Å². The van der Waals surface area contributed by atoms with Gasteiger partial charge in [-0.15, -0.1) is 0 Å². The van der Waals surface area contributed by atoms with Gasteiger partial charge >= 0.3 is 0 Å². The number of methoxy groups -OCH3 is 1. The fourth-order valence-electron chi connectivity index (χ4n) is 3.04. The van der Waals surface area contributed by atoms with Gasteiger partial charge in [-0.3, -0.25) is 4.90 Å². The molecule has 1 aliphatic heterocycles. The molecule has 1 aliphatic carbocycles. The molecule has 2 unspecified atom stereocenters. The minimum absolute atomic E-state index is 0.404. The van der Waals surface area contributed by atoms with Crippen LogP contribution in [0.1, 0.15) is 38.5 Å². The second kappa shape index (κ2) is 5.28. The van der Waals surface area contributed by atoms with Crippen LogP contribution in [0.5, 0.6) is 0 Å².